The van der Waals surface area contributed by atoms with Crippen molar-refractivity contribution in [1.29, 1.82) is 0 Å². The summed E-state index contributed by atoms with van der Waals surface area (Å²) in [6.45, 7) is 0.531. The van der Waals surface area contributed by atoms with Crippen molar-refractivity contribution in [3.8, 4) is 0 Å². The minimum absolute atomic E-state index is 0.0159. The predicted molar refractivity (Wildman–Crippen MR) is 92.0 cm³/mol. The maximum absolute atomic E-state index is 5.46. The Bertz CT molecular complexity index is 818. The lowest BCUT2D eigenvalue weighted by Crippen LogP contribution is -2.22. The number of nitrogens with one attached hydrogen (secondary N) is 1. The molecule has 0 saturated carbocycles. The van der Waals surface area contributed by atoms with E-state index < -0.39 is 0 Å². The first-order chi connectivity index (χ1) is 11.8. The van der Waals surface area contributed by atoms with Crippen molar-refractivity contribution in [2.45, 2.75) is 10.8 Å². The molecule has 3 heterocycles. The molecule has 1 aliphatic heterocycles. The highest BCUT2D eigenvalue weighted by atomic mass is 79.9. The largest absolute Gasteiger partial charge is 0.263 e. The first-order valence-electron chi connectivity index (χ1n) is 7.16. The zero-order valence-electron chi connectivity index (χ0n) is 12.3. The van der Waals surface area contributed by atoms with Crippen molar-refractivity contribution in [2.24, 2.45) is 0 Å². The van der Waals surface area contributed by atoms with Crippen LogP contribution in [-0.2, 0) is 9.32 Å². The van der Waals surface area contributed by atoms with Gasteiger partial charge in [-0.2, -0.15) is 5.10 Å². The van der Waals surface area contributed by atoms with E-state index in [0.717, 1.165) is 32.8 Å². The molecule has 0 fully saturated rings. The fraction of sp³-hybridized carbons (Fsp3) is 0.133. The molecule has 2 aromatic heterocycles. The lowest BCUT2D eigenvalue weighted by molar-refractivity contribution is -0.203. The minimum Gasteiger partial charge on any atom is -0.263 e. The number of fused-ring (bicyclic) bond motifs is 1. The van der Waals surface area contributed by atoms with Gasteiger partial charge in [-0.15, -0.1) is 4.33 Å². The van der Waals surface area contributed by atoms with Crippen LogP contribution in [0.1, 0.15) is 17.3 Å². The molecular formula is C15H12BrN5O2S. The summed E-state index contributed by atoms with van der Waals surface area (Å²) < 4.78 is 6.20. The van der Waals surface area contributed by atoms with Crippen LogP contribution < -0.4 is 5.06 Å². The van der Waals surface area contributed by atoms with Gasteiger partial charge in [-0.25, -0.2) is 15.0 Å². The third-order valence-corrected chi connectivity index (χ3v) is 4.61. The second kappa shape index (κ2) is 6.89. The standard InChI is InChI=1S/C15H12BrN5O2S/c16-10-6-12-13(14-18-9-19-20-14)8-21(15(12)17-7-10)22-23-24-11-4-2-1-3-5-11/h1-7,9,13H,8H2,(H,18,19,20). The van der Waals surface area contributed by atoms with Gasteiger partial charge < -0.3 is 0 Å². The van der Waals surface area contributed by atoms with Gasteiger partial charge in [-0.1, -0.05) is 23.2 Å². The maximum atomic E-state index is 5.46. The van der Waals surface area contributed by atoms with Crippen LogP contribution in [0.5, 0.6) is 0 Å². The maximum Gasteiger partial charge on any atom is 0.159 e. The summed E-state index contributed by atoms with van der Waals surface area (Å²) in [7, 11) is 0. The first-order valence-corrected chi connectivity index (χ1v) is 8.69. The number of anilines is 1. The molecule has 9 heteroatoms. The van der Waals surface area contributed by atoms with Crippen LogP contribution in [0.15, 0.2) is 58.3 Å². The van der Waals surface area contributed by atoms with Gasteiger partial charge in [-0.3, -0.25) is 5.10 Å². The molecule has 0 saturated heterocycles. The fourth-order valence-electron chi connectivity index (χ4n) is 2.51. The molecule has 24 heavy (non-hydrogen) atoms. The molecule has 7 nitrogen and oxygen atoms in total. The van der Waals surface area contributed by atoms with Crippen molar-refractivity contribution in [1.82, 2.24) is 20.2 Å². The lowest BCUT2D eigenvalue weighted by Gasteiger charge is -2.15. The summed E-state index contributed by atoms with van der Waals surface area (Å²) in [6.07, 6.45) is 3.22. The molecular weight excluding hydrogens is 394 g/mol. The van der Waals surface area contributed by atoms with Crippen LogP contribution in [0.3, 0.4) is 0 Å². The zero-order chi connectivity index (χ0) is 16.4. The van der Waals surface area contributed by atoms with E-state index >= 15 is 0 Å². The van der Waals surface area contributed by atoms with E-state index in [0.29, 0.717) is 12.4 Å². The molecule has 1 atom stereocenters. The highest BCUT2D eigenvalue weighted by Gasteiger charge is 2.34. The smallest absolute Gasteiger partial charge is 0.159 e. The molecule has 122 valence electrons. The summed E-state index contributed by atoms with van der Waals surface area (Å²) >= 11 is 4.60. The Morgan fingerprint density at radius 3 is 2.92 bits per heavy atom. The van der Waals surface area contributed by atoms with Gasteiger partial charge >= 0.3 is 0 Å². The van der Waals surface area contributed by atoms with Crippen molar-refractivity contribution in [3.05, 3.63) is 64.8 Å². The quantitative estimate of drug-likeness (QED) is 0.395. The van der Waals surface area contributed by atoms with Crippen molar-refractivity contribution < 1.29 is 9.32 Å². The van der Waals surface area contributed by atoms with E-state index in [-0.39, 0.29) is 5.92 Å². The molecule has 0 aliphatic carbocycles. The normalized spacial score (nSPS) is 16.4. The molecule has 0 radical (unpaired) electrons. The number of nitrogens with zero attached hydrogens (tertiary/aromatic N) is 4. The molecule has 0 bridgehead atoms. The number of aromatic nitrogens is 4. The SMILES string of the molecule is Brc1cnc2c(c1)C(c1ncn[nH]1)CN2OOSc1ccccc1. The predicted octanol–water partition coefficient (Wildman–Crippen LogP) is 3.48. The van der Waals surface area contributed by atoms with Crippen LogP contribution in [0.25, 0.3) is 0 Å². The second-order valence-electron chi connectivity index (χ2n) is 5.09. The second-order valence-corrected chi connectivity index (χ2v) is 6.78. The number of hydroxylamine groups is 1. The molecule has 0 spiro atoms. The molecule has 1 aromatic carbocycles. The van der Waals surface area contributed by atoms with Gasteiger partial charge in [0.05, 0.1) is 24.5 Å². The Hall–Kier alpha value is -1.94. The number of rotatable bonds is 5. The van der Waals surface area contributed by atoms with Gasteiger partial charge in [0.15, 0.2) is 5.82 Å². The van der Waals surface area contributed by atoms with E-state index in [1.54, 1.807) is 11.3 Å². The average Bonchev–Trinajstić information content (AvgIpc) is 3.24. The van der Waals surface area contributed by atoms with Crippen molar-refractivity contribution >= 4 is 33.8 Å². The van der Waals surface area contributed by atoms with Gasteiger partial charge in [0.1, 0.15) is 12.2 Å². The number of hydrogen-bond donors (Lipinski definition) is 1. The highest BCUT2D eigenvalue weighted by molar-refractivity contribution is 9.10. The Labute approximate surface area is 150 Å². The molecule has 0 amide bonds. The number of benzene rings is 1. The van der Waals surface area contributed by atoms with Gasteiger partial charge in [0, 0.05) is 21.1 Å². The monoisotopic (exact) mass is 405 g/mol. The Kier molecular flexibility index (Phi) is 4.48. The van der Waals surface area contributed by atoms with E-state index in [1.807, 2.05) is 36.4 Å². The number of halogens is 1. The summed E-state index contributed by atoms with van der Waals surface area (Å²) in [5.41, 5.74) is 0.995. The van der Waals surface area contributed by atoms with Crippen LogP contribution in [0, 0.1) is 0 Å². The van der Waals surface area contributed by atoms with Crippen molar-refractivity contribution in [3.63, 3.8) is 0 Å². The number of hydrogen-bond acceptors (Lipinski definition) is 7. The highest BCUT2D eigenvalue weighted by Crippen LogP contribution is 2.39. The van der Waals surface area contributed by atoms with Crippen LogP contribution in [-0.4, -0.2) is 26.7 Å². The molecule has 1 N–H and O–H groups in total. The topological polar surface area (TPSA) is 76.2 Å². The van der Waals surface area contributed by atoms with Gasteiger partial charge in [-0.05, 0) is 34.1 Å². The fourth-order valence-corrected chi connectivity index (χ4v) is 3.31. The van der Waals surface area contributed by atoms with E-state index in [9.17, 15) is 0 Å². The zero-order valence-corrected chi connectivity index (χ0v) is 14.7. The summed E-state index contributed by atoms with van der Waals surface area (Å²) in [5, 5.41) is 8.45. The third-order valence-electron chi connectivity index (χ3n) is 3.58. The van der Waals surface area contributed by atoms with E-state index in [2.05, 4.69) is 36.1 Å². The summed E-state index contributed by atoms with van der Waals surface area (Å²) in [4.78, 5) is 15.1. The summed E-state index contributed by atoms with van der Waals surface area (Å²) in [5.74, 6) is 1.45. The first kappa shape index (κ1) is 15.6. The average molecular weight is 406 g/mol. The Balaban J connectivity index is 1.50. The van der Waals surface area contributed by atoms with Gasteiger partial charge in [0.2, 0.25) is 0 Å². The minimum atomic E-state index is -0.0159. The summed E-state index contributed by atoms with van der Waals surface area (Å²) in [6, 6.07) is 11.7. The Morgan fingerprint density at radius 2 is 2.12 bits per heavy atom. The number of H-pyrrole nitrogens is 1. The van der Waals surface area contributed by atoms with Crippen LogP contribution in [0.2, 0.25) is 0 Å². The third kappa shape index (κ3) is 3.16. The molecule has 4 rings (SSSR count). The van der Waals surface area contributed by atoms with E-state index in [4.69, 9.17) is 9.32 Å². The van der Waals surface area contributed by atoms with Gasteiger partial charge in [0.25, 0.3) is 0 Å². The molecule has 1 unspecified atom stereocenters. The van der Waals surface area contributed by atoms with Crippen LogP contribution >= 0.6 is 28.0 Å². The molecule has 3 aromatic rings. The lowest BCUT2D eigenvalue weighted by atomic mass is 10.0. The number of aromatic amines is 1. The van der Waals surface area contributed by atoms with Crippen LogP contribution in [0.4, 0.5) is 5.82 Å². The number of pyridine rings is 1. The van der Waals surface area contributed by atoms with Crippen molar-refractivity contribution in [2.75, 3.05) is 11.6 Å². The molecule has 1 aliphatic rings. The Morgan fingerprint density at radius 1 is 1.25 bits per heavy atom. The van der Waals surface area contributed by atoms with E-state index in [1.165, 1.54) is 6.33 Å².